The number of benzene rings is 1. The Kier molecular flexibility index (Phi) is 4.81. The number of ether oxygens (including phenoxy) is 1. The molecule has 1 aromatic rings. The molecule has 0 aliphatic rings. The van der Waals surface area contributed by atoms with Gasteiger partial charge in [0.1, 0.15) is 5.75 Å². The second-order valence-corrected chi connectivity index (χ2v) is 4.72. The van der Waals surface area contributed by atoms with Crippen molar-refractivity contribution < 1.29 is 4.74 Å². The number of methoxy groups -OCH3 is 1. The van der Waals surface area contributed by atoms with E-state index in [-0.39, 0.29) is 0 Å². The van der Waals surface area contributed by atoms with Gasteiger partial charge in [0.05, 0.1) is 7.11 Å². The van der Waals surface area contributed by atoms with Gasteiger partial charge in [0.15, 0.2) is 0 Å². The van der Waals surface area contributed by atoms with Gasteiger partial charge >= 0.3 is 0 Å². The molecule has 0 spiro atoms. The highest BCUT2D eigenvalue weighted by atomic mass is 16.5. The molecule has 0 aromatic heterocycles. The van der Waals surface area contributed by atoms with Gasteiger partial charge in [0.25, 0.3) is 0 Å². The summed E-state index contributed by atoms with van der Waals surface area (Å²) in [6, 6.07) is 4.30. The molecule has 1 aromatic carbocycles. The lowest BCUT2D eigenvalue weighted by atomic mass is 10.0. The molecule has 0 unspecified atom stereocenters. The predicted molar refractivity (Wildman–Crippen MR) is 69.0 cm³/mol. The lowest BCUT2D eigenvalue weighted by Crippen LogP contribution is -2.19. The van der Waals surface area contributed by atoms with Crippen LogP contribution in [0.25, 0.3) is 0 Å². The fourth-order valence-corrected chi connectivity index (χ4v) is 1.77. The van der Waals surface area contributed by atoms with Crippen molar-refractivity contribution in [3.8, 4) is 5.75 Å². The second kappa shape index (κ2) is 5.90. The number of aryl methyl sites for hydroxylation is 1. The monoisotopic (exact) mass is 221 g/mol. The van der Waals surface area contributed by atoms with Gasteiger partial charge in [-0.15, -0.1) is 0 Å². The standard InChI is InChI=1S/C14H23NO/c1-10(2)8-15-9-13-7-6-11(3)12(4)14(13)16-5/h6-7,10,15H,8-9H2,1-5H3. The lowest BCUT2D eigenvalue weighted by molar-refractivity contribution is 0.403. The topological polar surface area (TPSA) is 21.3 Å². The van der Waals surface area contributed by atoms with Crippen LogP contribution in [0.5, 0.6) is 5.75 Å². The van der Waals surface area contributed by atoms with Crippen molar-refractivity contribution >= 4 is 0 Å². The Labute approximate surface area is 99.0 Å². The normalized spacial score (nSPS) is 10.9. The van der Waals surface area contributed by atoms with Gasteiger partial charge in [-0.2, -0.15) is 0 Å². The summed E-state index contributed by atoms with van der Waals surface area (Å²) in [4.78, 5) is 0. The Morgan fingerprint density at radius 3 is 2.50 bits per heavy atom. The Morgan fingerprint density at radius 1 is 1.25 bits per heavy atom. The van der Waals surface area contributed by atoms with Crippen LogP contribution < -0.4 is 10.1 Å². The first kappa shape index (κ1) is 13.0. The third-order valence-corrected chi connectivity index (χ3v) is 2.83. The first-order chi connectivity index (χ1) is 7.56. The van der Waals surface area contributed by atoms with Gasteiger partial charge in [-0.05, 0) is 37.4 Å². The summed E-state index contributed by atoms with van der Waals surface area (Å²) < 4.78 is 5.47. The fourth-order valence-electron chi connectivity index (χ4n) is 1.77. The zero-order valence-corrected chi connectivity index (χ0v) is 11.1. The zero-order chi connectivity index (χ0) is 12.1. The zero-order valence-electron chi connectivity index (χ0n) is 11.1. The van der Waals surface area contributed by atoms with E-state index in [1.807, 2.05) is 0 Å². The number of hydrogen-bond donors (Lipinski definition) is 1. The highest BCUT2D eigenvalue weighted by Crippen LogP contribution is 2.25. The predicted octanol–water partition coefficient (Wildman–Crippen LogP) is 3.06. The molecule has 0 saturated carbocycles. The van der Waals surface area contributed by atoms with E-state index in [1.165, 1.54) is 16.7 Å². The molecular weight excluding hydrogens is 198 g/mol. The average Bonchev–Trinajstić information content (AvgIpc) is 2.23. The van der Waals surface area contributed by atoms with Crippen LogP contribution in [0.2, 0.25) is 0 Å². The van der Waals surface area contributed by atoms with Crippen molar-refractivity contribution in [3.05, 3.63) is 28.8 Å². The van der Waals surface area contributed by atoms with E-state index >= 15 is 0 Å². The highest BCUT2D eigenvalue weighted by molar-refractivity contribution is 5.45. The minimum atomic E-state index is 0.678. The van der Waals surface area contributed by atoms with E-state index in [9.17, 15) is 0 Å². The van der Waals surface area contributed by atoms with Crippen molar-refractivity contribution in [2.75, 3.05) is 13.7 Å². The molecule has 90 valence electrons. The first-order valence-electron chi connectivity index (χ1n) is 5.90. The van der Waals surface area contributed by atoms with E-state index in [0.717, 1.165) is 18.8 Å². The third kappa shape index (κ3) is 3.24. The maximum absolute atomic E-state index is 5.47. The van der Waals surface area contributed by atoms with Crippen molar-refractivity contribution in [1.29, 1.82) is 0 Å². The molecule has 0 aliphatic carbocycles. The van der Waals surface area contributed by atoms with Gasteiger partial charge in [-0.1, -0.05) is 26.0 Å². The van der Waals surface area contributed by atoms with E-state index in [0.29, 0.717) is 5.92 Å². The second-order valence-electron chi connectivity index (χ2n) is 4.72. The molecule has 2 heteroatoms. The molecule has 0 fully saturated rings. The molecule has 0 atom stereocenters. The minimum Gasteiger partial charge on any atom is -0.496 e. The van der Waals surface area contributed by atoms with E-state index in [4.69, 9.17) is 4.74 Å². The summed E-state index contributed by atoms with van der Waals surface area (Å²) in [6.07, 6.45) is 0. The van der Waals surface area contributed by atoms with Crippen LogP contribution in [-0.2, 0) is 6.54 Å². The Bertz CT molecular complexity index is 345. The molecule has 0 saturated heterocycles. The van der Waals surface area contributed by atoms with Gasteiger partial charge in [0.2, 0.25) is 0 Å². The molecule has 16 heavy (non-hydrogen) atoms. The SMILES string of the molecule is COc1c(CNCC(C)C)ccc(C)c1C. The van der Waals surface area contributed by atoms with Crippen molar-refractivity contribution in [2.24, 2.45) is 5.92 Å². The lowest BCUT2D eigenvalue weighted by Gasteiger charge is -2.14. The smallest absolute Gasteiger partial charge is 0.126 e. The average molecular weight is 221 g/mol. The molecule has 0 bridgehead atoms. The summed E-state index contributed by atoms with van der Waals surface area (Å²) in [6.45, 7) is 10.6. The van der Waals surface area contributed by atoms with Gasteiger partial charge in [0, 0.05) is 12.1 Å². The van der Waals surface area contributed by atoms with Crippen molar-refractivity contribution in [3.63, 3.8) is 0 Å². The van der Waals surface area contributed by atoms with Crippen LogP contribution in [0.1, 0.15) is 30.5 Å². The minimum absolute atomic E-state index is 0.678. The molecule has 2 nitrogen and oxygen atoms in total. The van der Waals surface area contributed by atoms with Crippen LogP contribution in [0, 0.1) is 19.8 Å². The molecular formula is C14H23NO. The molecule has 1 N–H and O–H groups in total. The maximum Gasteiger partial charge on any atom is 0.126 e. The summed E-state index contributed by atoms with van der Waals surface area (Å²) in [7, 11) is 1.74. The van der Waals surface area contributed by atoms with Gasteiger partial charge < -0.3 is 10.1 Å². The summed E-state index contributed by atoms with van der Waals surface area (Å²) >= 11 is 0. The summed E-state index contributed by atoms with van der Waals surface area (Å²) in [5.41, 5.74) is 3.77. The number of rotatable bonds is 5. The van der Waals surface area contributed by atoms with Crippen LogP contribution in [0.4, 0.5) is 0 Å². The number of nitrogens with one attached hydrogen (secondary N) is 1. The molecule has 1 rings (SSSR count). The van der Waals surface area contributed by atoms with E-state index in [1.54, 1.807) is 7.11 Å². The Hall–Kier alpha value is -1.02. The number of hydrogen-bond acceptors (Lipinski definition) is 2. The van der Waals surface area contributed by atoms with Crippen LogP contribution in [-0.4, -0.2) is 13.7 Å². The largest absolute Gasteiger partial charge is 0.496 e. The highest BCUT2D eigenvalue weighted by Gasteiger charge is 2.07. The Morgan fingerprint density at radius 2 is 1.94 bits per heavy atom. The summed E-state index contributed by atoms with van der Waals surface area (Å²) in [5.74, 6) is 1.70. The quantitative estimate of drug-likeness (QED) is 0.825. The van der Waals surface area contributed by atoms with Crippen LogP contribution in [0.3, 0.4) is 0 Å². The molecule has 0 amide bonds. The van der Waals surface area contributed by atoms with Gasteiger partial charge in [-0.3, -0.25) is 0 Å². The van der Waals surface area contributed by atoms with E-state index in [2.05, 4.69) is 45.1 Å². The van der Waals surface area contributed by atoms with Gasteiger partial charge in [-0.25, -0.2) is 0 Å². The van der Waals surface area contributed by atoms with Crippen molar-refractivity contribution in [1.82, 2.24) is 5.32 Å². The molecule has 0 heterocycles. The fraction of sp³-hybridized carbons (Fsp3) is 0.571. The molecule has 0 radical (unpaired) electrons. The summed E-state index contributed by atoms with van der Waals surface area (Å²) in [5, 5.41) is 3.44. The van der Waals surface area contributed by atoms with Crippen LogP contribution >= 0.6 is 0 Å². The van der Waals surface area contributed by atoms with Crippen molar-refractivity contribution in [2.45, 2.75) is 34.2 Å². The van der Waals surface area contributed by atoms with Crippen LogP contribution in [0.15, 0.2) is 12.1 Å². The third-order valence-electron chi connectivity index (χ3n) is 2.83. The maximum atomic E-state index is 5.47. The van der Waals surface area contributed by atoms with E-state index < -0.39 is 0 Å². The first-order valence-corrected chi connectivity index (χ1v) is 5.90. The Balaban J connectivity index is 2.76. The molecule has 0 aliphatic heterocycles.